The average molecular weight is 303 g/mol. The van der Waals surface area contributed by atoms with E-state index in [4.69, 9.17) is 0 Å². The third-order valence-electron chi connectivity index (χ3n) is 3.75. The molecule has 0 radical (unpaired) electrons. The van der Waals surface area contributed by atoms with Crippen molar-refractivity contribution in [2.24, 2.45) is 11.8 Å². The molecule has 1 aromatic carbocycles. The number of aryl methyl sites for hydroxylation is 1. The number of ketones is 1. The summed E-state index contributed by atoms with van der Waals surface area (Å²) in [7, 11) is 0. The van der Waals surface area contributed by atoms with E-state index < -0.39 is 5.78 Å². The molecule has 0 unspecified atom stereocenters. The largest absolute Gasteiger partial charge is 0.336 e. The SMILES string of the molecule is Cc1ccc(C(=O)C(=O)N(CCC(C)C)CCC(C)C)cc1. The number of benzene rings is 1. The molecule has 0 aliphatic heterocycles. The molecule has 0 N–H and O–H groups in total. The number of hydrogen-bond acceptors (Lipinski definition) is 2. The van der Waals surface area contributed by atoms with E-state index in [1.54, 1.807) is 17.0 Å². The van der Waals surface area contributed by atoms with Crippen LogP contribution >= 0.6 is 0 Å². The lowest BCUT2D eigenvalue weighted by Crippen LogP contribution is -2.38. The van der Waals surface area contributed by atoms with E-state index in [-0.39, 0.29) is 5.91 Å². The lowest BCUT2D eigenvalue weighted by molar-refractivity contribution is -0.126. The van der Waals surface area contributed by atoms with Crippen LogP contribution in [-0.2, 0) is 4.79 Å². The number of rotatable bonds is 8. The Kier molecular flexibility index (Phi) is 7.30. The van der Waals surface area contributed by atoms with Crippen molar-refractivity contribution >= 4 is 11.7 Å². The van der Waals surface area contributed by atoms with Crippen LogP contribution in [-0.4, -0.2) is 29.7 Å². The Bertz CT molecular complexity index is 477. The van der Waals surface area contributed by atoms with E-state index in [2.05, 4.69) is 27.7 Å². The van der Waals surface area contributed by atoms with Gasteiger partial charge in [-0.1, -0.05) is 57.5 Å². The molecule has 0 bridgehead atoms. The smallest absolute Gasteiger partial charge is 0.294 e. The van der Waals surface area contributed by atoms with Crippen LogP contribution in [0.2, 0.25) is 0 Å². The first kappa shape index (κ1) is 18.4. The monoisotopic (exact) mass is 303 g/mol. The van der Waals surface area contributed by atoms with Crippen molar-refractivity contribution in [2.45, 2.75) is 47.5 Å². The fourth-order valence-corrected chi connectivity index (χ4v) is 2.11. The minimum Gasteiger partial charge on any atom is -0.336 e. The summed E-state index contributed by atoms with van der Waals surface area (Å²) in [6.07, 6.45) is 1.84. The summed E-state index contributed by atoms with van der Waals surface area (Å²) in [4.78, 5) is 26.6. The summed E-state index contributed by atoms with van der Waals surface area (Å²) in [5, 5.41) is 0. The van der Waals surface area contributed by atoms with Crippen LogP contribution in [0.3, 0.4) is 0 Å². The van der Waals surface area contributed by atoms with E-state index in [0.717, 1.165) is 18.4 Å². The molecular formula is C19H29NO2. The van der Waals surface area contributed by atoms with E-state index in [9.17, 15) is 9.59 Å². The summed E-state index contributed by atoms with van der Waals surface area (Å²) in [5.74, 6) is 0.269. The van der Waals surface area contributed by atoms with Crippen LogP contribution in [0.15, 0.2) is 24.3 Å². The molecule has 0 spiro atoms. The van der Waals surface area contributed by atoms with Gasteiger partial charge in [0.05, 0.1) is 0 Å². The van der Waals surface area contributed by atoms with Crippen molar-refractivity contribution in [3.8, 4) is 0 Å². The molecule has 1 rings (SSSR count). The zero-order valence-electron chi connectivity index (χ0n) is 14.6. The molecule has 0 aliphatic carbocycles. The van der Waals surface area contributed by atoms with E-state index in [1.165, 1.54) is 0 Å². The molecule has 0 aromatic heterocycles. The maximum Gasteiger partial charge on any atom is 0.294 e. The molecule has 0 aliphatic rings. The van der Waals surface area contributed by atoms with Crippen molar-refractivity contribution in [1.82, 2.24) is 4.90 Å². The molecule has 122 valence electrons. The summed E-state index contributed by atoms with van der Waals surface area (Å²) < 4.78 is 0. The van der Waals surface area contributed by atoms with Gasteiger partial charge in [0, 0.05) is 18.7 Å². The van der Waals surface area contributed by atoms with Crippen molar-refractivity contribution in [3.05, 3.63) is 35.4 Å². The van der Waals surface area contributed by atoms with Gasteiger partial charge in [-0.15, -0.1) is 0 Å². The second-order valence-corrected chi connectivity index (χ2v) is 6.85. The normalized spacial score (nSPS) is 11.0. The van der Waals surface area contributed by atoms with Gasteiger partial charge in [-0.05, 0) is 31.6 Å². The summed E-state index contributed by atoms with van der Waals surface area (Å²) in [6, 6.07) is 7.21. The molecule has 0 fully saturated rings. The highest BCUT2D eigenvalue weighted by molar-refractivity contribution is 6.42. The van der Waals surface area contributed by atoms with Crippen molar-refractivity contribution in [3.63, 3.8) is 0 Å². The fraction of sp³-hybridized carbons (Fsp3) is 0.579. The van der Waals surface area contributed by atoms with Gasteiger partial charge in [0.25, 0.3) is 5.91 Å². The molecule has 3 heteroatoms. The lowest BCUT2D eigenvalue weighted by Gasteiger charge is -2.24. The molecule has 0 heterocycles. The number of carbonyl (C=O) groups is 2. The molecule has 1 aromatic rings. The zero-order valence-corrected chi connectivity index (χ0v) is 14.6. The number of nitrogens with zero attached hydrogens (tertiary/aromatic N) is 1. The zero-order chi connectivity index (χ0) is 16.7. The van der Waals surface area contributed by atoms with Crippen LogP contribution < -0.4 is 0 Å². The van der Waals surface area contributed by atoms with Crippen LogP contribution in [0.25, 0.3) is 0 Å². The second kappa shape index (κ2) is 8.72. The Morgan fingerprint density at radius 3 is 1.77 bits per heavy atom. The third-order valence-corrected chi connectivity index (χ3v) is 3.75. The highest BCUT2D eigenvalue weighted by Gasteiger charge is 2.23. The number of hydrogen-bond donors (Lipinski definition) is 0. The predicted octanol–water partition coefficient (Wildman–Crippen LogP) is 4.10. The van der Waals surface area contributed by atoms with Crippen LogP contribution in [0.4, 0.5) is 0 Å². The average Bonchev–Trinajstić information content (AvgIpc) is 2.46. The first-order valence-electron chi connectivity index (χ1n) is 8.21. The highest BCUT2D eigenvalue weighted by Crippen LogP contribution is 2.11. The topological polar surface area (TPSA) is 37.4 Å². The molecule has 1 amide bonds. The van der Waals surface area contributed by atoms with Gasteiger partial charge in [0.2, 0.25) is 5.78 Å². The Balaban J connectivity index is 2.79. The van der Waals surface area contributed by atoms with Crippen molar-refractivity contribution in [2.75, 3.05) is 13.1 Å². The minimum atomic E-state index is -0.396. The number of carbonyl (C=O) groups excluding carboxylic acids is 2. The number of Topliss-reactive ketones (excluding diaryl/α,β-unsaturated/α-hetero) is 1. The predicted molar refractivity (Wildman–Crippen MR) is 91.0 cm³/mol. The van der Waals surface area contributed by atoms with E-state index in [1.807, 2.05) is 19.1 Å². The third kappa shape index (κ3) is 6.00. The number of amides is 1. The van der Waals surface area contributed by atoms with Crippen molar-refractivity contribution in [1.29, 1.82) is 0 Å². The first-order chi connectivity index (χ1) is 10.3. The van der Waals surface area contributed by atoms with Gasteiger partial charge in [-0.25, -0.2) is 0 Å². The maximum absolute atomic E-state index is 12.5. The molecular weight excluding hydrogens is 274 g/mol. The quantitative estimate of drug-likeness (QED) is 0.535. The summed E-state index contributed by atoms with van der Waals surface area (Å²) in [6.45, 7) is 11.8. The second-order valence-electron chi connectivity index (χ2n) is 6.85. The van der Waals surface area contributed by atoms with Gasteiger partial charge in [-0.2, -0.15) is 0 Å². The molecule has 0 saturated heterocycles. The van der Waals surface area contributed by atoms with E-state index >= 15 is 0 Å². The molecule has 3 nitrogen and oxygen atoms in total. The molecule has 22 heavy (non-hydrogen) atoms. The van der Waals surface area contributed by atoms with Crippen LogP contribution in [0, 0.1) is 18.8 Å². The van der Waals surface area contributed by atoms with Crippen LogP contribution in [0.5, 0.6) is 0 Å². The highest BCUT2D eigenvalue weighted by atomic mass is 16.2. The van der Waals surface area contributed by atoms with Crippen LogP contribution in [0.1, 0.15) is 56.5 Å². The minimum absolute atomic E-state index is 0.370. The molecule has 0 atom stereocenters. The Morgan fingerprint density at radius 2 is 1.36 bits per heavy atom. The Labute approximate surface area is 134 Å². The summed E-state index contributed by atoms with van der Waals surface area (Å²) >= 11 is 0. The lowest BCUT2D eigenvalue weighted by atomic mass is 10.1. The Morgan fingerprint density at radius 1 is 0.909 bits per heavy atom. The fourth-order valence-electron chi connectivity index (χ4n) is 2.11. The van der Waals surface area contributed by atoms with Crippen molar-refractivity contribution < 1.29 is 9.59 Å². The first-order valence-corrected chi connectivity index (χ1v) is 8.21. The maximum atomic E-state index is 12.5. The van der Waals surface area contributed by atoms with Gasteiger partial charge < -0.3 is 4.90 Å². The van der Waals surface area contributed by atoms with E-state index in [0.29, 0.717) is 30.5 Å². The standard InChI is InChI=1S/C19H29NO2/c1-14(2)10-12-20(13-11-15(3)4)19(22)18(21)17-8-6-16(5)7-9-17/h6-9,14-15H,10-13H2,1-5H3. The van der Waals surface area contributed by atoms with Gasteiger partial charge >= 0.3 is 0 Å². The summed E-state index contributed by atoms with van der Waals surface area (Å²) in [5.41, 5.74) is 1.56. The Hall–Kier alpha value is -1.64. The van der Waals surface area contributed by atoms with Gasteiger partial charge in [-0.3, -0.25) is 9.59 Å². The molecule has 0 saturated carbocycles. The van der Waals surface area contributed by atoms with Gasteiger partial charge in [0.15, 0.2) is 0 Å². The van der Waals surface area contributed by atoms with Gasteiger partial charge in [0.1, 0.15) is 0 Å².